The van der Waals surface area contributed by atoms with Crippen molar-refractivity contribution in [2.24, 2.45) is 0 Å². The zero-order chi connectivity index (χ0) is 23.5. The minimum Gasteiger partial charge on any atom is -0.379 e. The Morgan fingerprint density at radius 1 is 0.485 bits per heavy atom. The van der Waals surface area contributed by atoms with E-state index in [2.05, 4.69) is 12.2 Å². The van der Waals surface area contributed by atoms with Crippen molar-refractivity contribution < 1.29 is 33.2 Å². The van der Waals surface area contributed by atoms with Gasteiger partial charge in [0.2, 0.25) is 0 Å². The SMILES string of the molecule is CCCCCCCCOCCOCCOCCOCCOCCOCCOC1CCNCC1. The van der Waals surface area contributed by atoms with Gasteiger partial charge in [0, 0.05) is 6.61 Å². The van der Waals surface area contributed by atoms with Gasteiger partial charge in [-0.3, -0.25) is 0 Å². The second kappa shape index (κ2) is 26.3. The van der Waals surface area contributed by atoms with Crippen LogP contribution >= 0.6 is 0 Å². The molecule has 0 spiro atoms. The molecule has 1 heterocycles. The van der Waals surface area contributed by atoms with Crippen LogP contribution in [0.25, 0.3) is 0 Å². The average molecular weight is 478 g/mol. The molecule has 0 unspecified atom stereocenters. The molecule has 1 rings (SSSR count). The van der Waals surface area contributed by atoms with Crippen molar-refractivity contribution in [3.63, 3.8) is 0 Å². The Balaban J connectivity index is 1.62. The molecular weight excluding hydrogens is 426 g/mol. The lowest BCUT2D eigenvalue weighted by molar-refractivity contribution is -0.0306. The summed E-state index contributed by atoms with van der Waals surface area (Å²) in [5.41, 5.74) is 0. The molecule has 0 saturated carbocycles. The molecule has 0 bridgehead atoms. The molecule has 0 aliphatic carbocycles. The average Bonchev–Trinajstić information content (AvgIpc) is 2.84. The first kappa shape index (κ1) is 30.7. The van der Waals surface area contributed by atoms with Crippen LogP contribution < -0.4 is 5.32 Å². The van der Waals surface area contributed by atoms with Gasteiger partial charge >= 0.3 is 0 Å². The van der Waals surface area contributed by atoms with E-state index in [-0.39, 0.29) is 0 Å². The number of hydrogen-bond acceptors (Lipinski definition) is 8. The summed E-state index contributed by atoms with van der Waals surface area (Å²) in [5.74, 6) is 0. The molecule has 0 atom stereocenters. The summed E-state index contributed by atoms with van der Waals surface area (Å²) in [6.07, 6.45) is 10.3. The van der Waals surface area contributed by atoms with E-state index in [0.29, 0.717) is 85.4 Å². The Bertz CT molecular complexity index is 371. The second-order valence-electron chi connectivity index (χ2n) is 8.26. The third-order valence-corrected chi connectivity index (χ3v) is 5.37. The van der Waals surface area contributed by atoms with Gasteiger partial charge in [-0.05, 0) is 32.4 Å². The van der Waals surface area contributed by atoms with Gasteiger partial charge in [0.1, 0.15) is 0 Å². The normalized spacial score (nSPS) is 14.8. The van der Waals surface area contributed by atoms with Gasteiger partial charge in [0.05, 0.1) is 85.4 Å². The molecule has 0 aromatic rings. The van der Waals surface area contributed by atoms with E-state index in [1.54, 1.807) is 0 Å². The molecule has 8 nitrogen and oxygen atoms in total. The van der Waals surface area contributed by atoms with Crippen molar-refractivity contribution >= 4 is 0 Å². The van der Waals surface area contributed by atoms with Crippen LogP contribution in [-0.4, -0.2) is 105 Å². The quantitative estimate of drug-likeness (QED) is 0.190. The highest BCUT2D eigenvalue weighted by atomic mass is 16.6. The van der Waals surface area contributed by atoms with Gasteiger partial charge in [-0.1, -0.05) is 39.0 Å². The number of hydrogen-bond donors (Lipinski definition) is 1. The van der Waals surface area contributed by atoms with E-state index < -0.39 is 0 Å². The minimum absolute atomic E-state index is 0.388. The lowest BCUT2D eigenvalue weighted by Crippen LogP contribution is -2.33. The highest BCUT2D eigenvalue weighted by Crippen LogP contribution is 2.06. The van der Waals surface area contributed by atoms with Gasteiger partial charge in [-0.15, -0.1) is 0 Å². The van der Waals surface area contributed by atoms with Gasteiger partial charge < -0.3 is 38.5 Å². The maximum absolute atomic E-state index is 5.78. The van der Waals surface area contributed by atoms with Crippen LogP contribution in [0, 0.1) is 0 Å². The zero-order valence-electron chi connectivity index (χ0n) is 21.2. The second-order valence-corrected chi connectivity index (χ2v) is 8.26. The van der Waals surface area contributed by atoms with E-state index in [4.69, 9.17) is 33.2 Å². The standard InChI is InChI=1S/C25H51NO7/c1-2-3-4-5-6-7-12-27-13-14-28-15-16-29-17-18-30-19-20-31-21-22-32-23-24-33-25-8-10-26-11-9-25/h25-26H,2-24H2,1H3. The van der Waals surface area contributed by atoms with Crippen molar-refractivity contribution in [2.75, 3.05) is 99.0 Å². The van der Waals surface area contributed by atoms with Crippen molar-refractivity contribution in [1.29, 1.82) is 0 Å². The van der Waals surface area contributed by atoms with Crippen molar-refractivity contribution in [1.82, 2.24) is 5.32 Å². The number of unbranched alkanes of at least 4 members (excludes halogenated alkanes) is 5. The molecule has 1 saturated heterocycles. The van der Waals surface area contributed by atoms with Crippen molar-refractivity contribution in [3.05, 3.63) is 0 Å². The monoisotopic (exact) mass is 477 g/mol. The van der Waals surface area contributed by atoms with E-state index in [9.17, 15) is 0 Å². The van der Waals surface area contributed by atoms with Crippen LogP contribution in [0.2, 0.25) is 0 Å². The lowest BCUT2D eigenvalue weighted by Gasteiger charge is -2.22. The first-order chi connectivity index (χ1) is 16.4. The summed E-state index contributed by atoms with van der Waals surface area (Å²) in [6.45, 7) is 12.4. The molecule has 1 aliphatic rings. The Hall–Kier alpha value is -0.320. The molecule has 1 N–H and O–H groups in total. The fourth-order valence-corrected chi connectivity index (χ4v) is 3.42. The molecule has 0 aromatic heterocycles. The summed E-state index contributed by atoms with van der Waals surface area (Å²) in [5, 5.41) is 3.33. The molecule has 0 amide bonds. The minimum atomic E-state index is 0.388. The summed E-state index contributed by atoms with van der Waals surface area (Å²) in [7, 11) is 0. The zero-order valence-corrected chi connectivity index (χ0v) is 21.2. The highest BCUT2D eigenvalue weighted by molar-refractivity contribution is 4.67. The Labute approximate surface area is 202 Å². The van der Waals surface area contributed by atoms with Gasteiger partial charge in [0.25, 0.3) is 0 Å². The fraction of sp³-hybridized carbons (Fsp3) is 1.00. The van der Waals surface area contributed by atoms with Crippen LogP contribution in [0.4, 0.5) is 0 Å². The maximum Gasteiger partial charge on any atom is 0.0704 e. The Morgan fingerprint density at radius 2 is 0.879 bits per heavy atom. The van der Waals surface area contributed by atoms with Crippen LogP contribution in [0.15, 0.2) is 0 Å². The Kier molecular flexibility index (Phi) is 24.5. The van der Waals surface area contributed by atoms with E-state index in [0.717, 1.165) is 39.0 Å². The first-order valence-electron chi connectivity index (χ1n) is 13.2. The molecule has 1 fully saturated rings. The summed E-state index contributed by atoms with van der Waals surface area (Å²) in [6, 6.07) is 0. The Morgan fingerprint density at radius 3 is 1.36 bits per heavy atom. The molecule has 198 valence electrons. The van der Waals surface area contributed by atoms with Gasteiger partial charge in [-0.25, -0.2) is 0 Å². The largest absolute Gasteiger partial charge is 0.379 e. The molecule has 33 heavy (non-hydrogen) atoms. The highest BCUT2D eigenvalue weighted by Gasteiger charge is 2.12. The van der Waals surface area contributed by atoms with Gasteiger partial charge in [-0.2, -0.15) is 0 Å². The third-order valence-electron chi connectivity index (χ3n) is 5.37. The predicted molar refractivity (Wildman–Crippen MR) is 130 cm³/mol. The molecule has 0 radical (unpaired) electrons. The fourth-order valence-electron chi connectivity index (χ4n) is 3.42. The van der Waals surface area contributed by atoms with Crippen LogP contribution in [0.1, 0.15) is 58.3 Å². The molecule has 0 aromatic carbocycles. The van der Waals surface area contributed by atoms with Crippen LogP contribution in [0.3, 0.4) is 0 Å². The maximum atomic E-state index is 5.78. The van der Waals surface area contributed by atoms with E-state index in [1.165, 1.54) is 32.1 Å². The third kappa shape index (κ3) is 23.2. The van der Waals surface area contributed by atoms with E-state index >= 15 is 0 Å². The number of rotatable bonds is 26. The van der Waals surface area contributed by atoms with Crippen LogP contribution in [0.5, 0.6) is 0 Å². The molecular formula is C25H51NO7. The molecule has 1 aliphatic heterocycles. The summed E-state index contributed by atoms with van der Waals surface area (Å²) >= 11 is 0. The predicted octanol–water partition coefficient (Wildman–Crippen LogP) is 3.22. The first-order valence-corrected chi connectivity index (χ1v) is 13.2. The number of piperidine rings is 1. The number of ether oxygens (including phenoxy) is 7. The smallest absolute Gasteiger partial charge is 0.0704 e. The van der Waals surface area contributed by atoms with E-state index in [1.807, 2.05) is 0 Å². The number of nitrogens with one attached hydrogen (secondary N) is 1. The summed E-state index contributed by atoms with van der Waals surface area (Å²) in [4.78, 5) is 0. The van der Waals surface area contributed by atoms with Gasteiger partial charge in [0.15, 0.2) is 0 Å². The summed E-state index contributed by atoms with van der Waals surface area (Å²) < 4.78 is 38.8. The topological polar surface area (TPSA) is 76.6 Å². The lowest BCUT2D eigenvalue weighted by atomic mass is 10.1. The van der Waals surface area contributed by atoms with Crippen LogP contribution in [-0.2, 0) is 33.2 Å². The van der Waals surface area contributed by atoms with Crippen molar-refractivity contribution in [2.45, 2.75) is 64.4 Å². The molecule has 8 heteroatoms. The van der Waals surface area contributed by atoms with Crippen molar-refractivity contribution in [3.8, 4) is 0 Å².